The average Bonchev–Trinajstić information content (AvgIpc) is 2.80. The second kappa shape index (κ2) is 31.6. The molecule has 0 N–H and O–H groups in total. The molecule has 0 spiro atoms. The fraction of sp³-hybridized carbons (Fsp3) is 0.692. The third-order valence-corrected chi connectivity index (χ3v) is 5.29. The van der Waals surface area contributed by atoms with Crippen LogP contribution in [0.2, 0.25) is 0 Å². The van der Waals surface area contributed by atoms with Crippen LogP contribution in [0.5, 0.6) is 0 Å². The molecule has 0 radical (unpaired) electrons. The van der Waals surface area contributed by atoms with Crippen LogP contribution >= 0.6 is 21.3 Å². The van der Waals surface area contributed by atoms with Gasteiger partial charge in [-0.2, -0.15) is 13.5 Å². The molecule has 1 atom stereocenters. The van der Waals surface area contributed by atoms with Crippen molar-refractivity contribution in [1.82, 2.24) is 0 Å². The Morgan fingerprint density at radius 3 is 1.82 bits per heavy atom. The maximum atomic E-state index is 12.1. The van der Waals surface area contributed by atoms with Crippen LogP contribution in [0.15, 0.2) is 0 Å². The SMILES string of the molecule is CC#CC#CC#CC(=O)OC[C@H](COP(=O)([O-])[O-])OC(=O)CCCCCCCCCCCCCC.S.[HH].[HH].[HH].[HH].[HH].[Na+].[Na+]. The molecule has 0 aliphatic carbocycles. The smallest absolute Gasteiger partial charge is 0.790 e. The number of ether oxygens (including phenoxy) is 2. The molecule has 8 nitrogen and oxygen atoms in total. The second-order valence-corrected chi connectivity index (χ2v) is 9.12. The van der Waals surface area contributed by atoms with E-state index in [9.17, 15) is 23.9 Å². The standard InChI is InChI=1S/C26H39O8P.2Na.H2S.5H2/c1-3-5-7-9-10-11-12-13-14-15-17-19-21-26(28)34-24(23-33-35(29,30)31)22-32-25(27)20-18-16-8-6-4-2;;;;;;;;/h24H,3,5,7,9-15,17,19,21-23H2,1-2H3,(H2,29,30,31);;;1H2;5*1H/q;2*+1;;;;;;/p-2/t24-;;;;;;;;/m1......../s1. The van der Waals surface area contributed by atoms with Crippen molar-refractivity contribution in [1.29, 1.82) is 0 Å². The molecule has 0 saturated carbocycles. The number of phosphoric ester groups is 1. The van der Waals surface area contributed by atoms with Crippen LogP contribution in [0.25, 0.3) is 0 Å². The van der Waals surface area contributed by atoms with Gasteiger partial charge in [-0.1, -0.05) is 83.5 Å². The van der Waals surface area contributed by atoms with Crippen LogP contribution < -0.4 is 68.9 Å². The Balaban J connectivity index is -0.000000206. The van der Waals surface area contributed by atoms with Gasteiger partial charge in [0.2, 0.25) is 0 Å². The van der Waals surface area contributed by atoms with Crippen LogP contribution in [-0.2, 0) is 28.2 Å². The predicted octanol–water partition coefficient (Wildman–Crippen LogP) is -1.24. The van der Waals surface area contributed by atoms with Crippen molar-refractivity contribution in [2.75, 3.05) is 13.2 Å². The van der Waals surface area contributed by atoms with Crippen LogP contribution in [0.4, 0.5) is 0 Å². The van der Waals surface area contributed by atoms with Crippen molar-refractivity contribution < 1.29 is 104 Å². The zero-order valence-corrected chi connectivity index (χ0v) is 29.3. The molecule has 0 aromatic rings. The number of carbonyl (C=O) groups excluding carboxylic acids is 2. The molecule has 0 bridgehead atoms. The molecule has 38 heavy (non-hydrogen) atoms. The zero-order chi connectivity index (χ0) is 26.2. The first-order chi connectivity index (χ1) is 16.8. The first-order valence-corrected chi connectivity index (χ1v) is 13.7. The van der Waals surface area contributed by atoms with E-state index in [1.807, 2.05) is 0 Å². The van der Waals surface area contributed by atoms with E-state index in [0.29, 0.717) is 6.42 Å². The third kappa shape index (κ3) is 34.1. The maximum absolute atomic E-state index is 12.1. The van der Waals surface area contributed by atoms with Crippen molar-refractivity contribution in [3.63, 3.8) is 0 Å². The fourth-order valence-electron chi connectivity index (χ4n) is 3.06. The Hall–Kier alpha value is 0.0800. The van der Waals surface area contributed by atoms with Gasteiger partial charge >= 0.3 is 71.1 Å². The summed E-state index contributed by atoms with van der Waals surface area (Å²) >= 11 is 0. The number of esters is 2. The number of carbonyl (C=O) groups is 2. The first kappa shape index (κ1) is 45.1. The van der Waals surface area contributed by atoms with Crippen LogP contribution in [0.1, 0.15) is 104 Å². The van der Waals surface area contributed by atoms with Gasteiger partial charge in [-0.25, -0.2) is 4.79 Å². The Morgan fingerprint density at radius 1 is 0.816 bits per heavy atom. The molecule has 0 fully saturated rings. The predicted molar refractivity (Wildman–Crippen MR) is 150 cm³/mol. The second-order valence-electron chi connectivity index (χ2n) is 7.97. The Morgan fingerprint density at radius 2 is 1.32 bits per heavy atom. The molecule has 0 saturated heterocycles. The van der Waals surface area contributed by atoms with Crippen molar-refractivity contribution in [2.24, 2.45) is 0 Å². The molecule has 0 aliphatic rings. The van der Waals surface area contributed by atoms with E-state index in [2.05, 4.69) is 47.0 Å². The van der Waals surface area contributed by atoms with Crippen molar-refractivity contribution in [2.45, 2.75) is 103 Å². The average molecular weight is 599 g/mol. The minimum atomic E-state index is -5.28. The van der Waals surface area contributed by atoms with Gasteiger partial charge in [0.05, 0.1) is 14.4 Å². The van der Waals surface area contributed by atoms with Crippen molar-refractivity contribution in [3.8, 4) is 35.5 Å². The topological polar surface area (TPSA) is 125 Å². The zero-order valence-electron chi connectivity index (χ0n) is 23.4. The van der Waals surface area contributed by atoms with E-state index in [1.54, 1.807) is 6.92 Å². The summed E-state index contributed by atoms with van der Waals surface area (Å²) < 4.78 is 24.9. The molecule has 0 aromatic carbocycles. The molecule has 0 aromatic heterocycles. The summed E-state index contributed by atoms with van der Waals surface area (Å²) in [5, 5.41) is 0. The van der Waals surface area contributed by atoms with Gasteiger partial charge < -0.3 is 28.3 Å². The molecule has 12 heteroatoms. The summed E-state index contributed by atoms with van der Waals surface area (Å²) in [4.78, 5) is 45.2. The summed E-state index contributed by atoms with van der Waals surface area (Å²) in [5.74, 6) is 12.5. The Bertz CT molecular complexity index is 869. The quantitative estimate of drug-likeness (QED) is 0.0452. The largest absolute Gasteiger partial charge is 1.00 e. The Labute approximate surface area is 287 Å². The van der Waals surface area contributed by atoms with E-state index < -0.39 is 39.1 Å². The maximum Gasteiger partial charge on any atom is 1.00 e. The van der Waals surface area contributed by atoms with E-state index in [-0.39, 0.29) is 86.2 Å². The van der Waals surface area contributed by atoms with Crippen LogP contribution in [0.3, 0.4) is 0 Å². The number of hydrogen-bond donors (Lipinski definition) is 0. The molecule has 0 unspecified atom stereocenters. The fourth-order valence-corrected chi connectivity index (χ4v) is 3.41. The first-order valence-electron chi connectivity index (χ1n) is 12.2. The molecule has 0 amide bonds. The number of rotatable bonds is 19. The van der Waals surface area contributed by atoms with Gasteiger partial charge in [0.25, 0.3) is 0 Å². The summed E-state index contributed by atoms with van der Waals surface area (Å²) in [6, 6.07) is 0. The summed E-state index contributed by atoms with van der Waals surface area (Å²) in [6.45, 7) is 2.55. The summed E-state index contributed by atoms with van der Waals surface area (Å²) in [5.41, 5.74) is 0. The van der Waals surface area contributed by atoms with E-state index in [1.165, 1.54) is 51.4 Å². The van der Waals surface area contributed by atoms with Crippen LogP contribution in [-0.4, -0.2) is 31.3 Å². The number of hydrogen-bond acceptors (Lipinski definition) is 8. The number of phosphoric acid groups is 1. The van der Waals surface area contributed by atoms with Gasteiger partial charge in [0, 0.05) is 19.5 Å². The molecule has 0 aliphatic heterocycles. The van der Waals surface area contributed by atoms with E-state index in [4.69, 9.17) is 9.47 Å². The molecule has 0 heterocycles. The van der Waals surface area contributed by atoms with E-state index in [0.717, 1.165) is 19.3 Å². The molecular weight excluding hydrogens is 549 g/mol. The van der Waals surface area contributed by atoms with Gasteiger partial charge in [0.15, 0.2) is 6.10 Å². The number of unbranched alkanes of at least 4 members (excludes halogenated alkanes) is 11. The summed E-state index contributed by atoms with van der Waals surface area (Å²) in [7, 11) is -5.28. The van der Waals surface area contributed by atoms with Gasteiger partial charge in [-0.15, -0.1) is 0 Å². The molecule has 214 valence electrons. The molecular formula is C26H49Na2O8PS. The van der Waals surface area contributed by atoms with Crippen molar-refractivity contribution >= 4 is 33.3 Å². The van der Waals surface area contributed by atoms with Crippen molar-refractivity contribution in [3.05, 3.63) is 0 Å². The Kier molecular flexibility index (Phi) is 37.5. The summed E-state index contributed by atoms with van der Waals surface area (Å²) in [6.07, 6.45) is 12.7. The monoisotopic (exact) mass is 598 g/mol. The van der Waals surface area contributed by atoms with E-state index >= 15 is 0 Å². The van der Waals surface area contributed by atoms with Crippen LogP contribution in [0, 0.1) is 35.5 Å². The van der Waals surface area contributed by atoms with Gasteiger partial charge in [-0.05, 0) is 37.0 Å². The van der Waals surface area contributed by atoms with Gasteiger partial charge in [-0.3, -0.25) is 4.79 Å². The minimum Gasteiger partial charge on any atom is -0.790 e. The molecule has 0 rings (SSSR count). The van der Waals surface area contributed by atoms with Gasteiger partial charge in [0.1, 0.15) is 6.61 Å². The minimum absolute atomic E-state index is 0. The third-order valence-electron chi connectivity index (χ3n) is 4.83. The normalized spacial score (nSPS) is 10.2.